The molecule has 4 rings (SSSR count). The maximum absolute atomic E-state index is 13.9. The van der Waals surface area contributed by atoms with E-state index in [0.29, 0.717) is 42.5 Å². The van der Waals surface area contributed by atoms with Crippen LogP contribution in [0.5, 0.6) is 0 Å². The number of hydrogen-bond acceptors (Lipinski definition) is 4. The Morgan fingerprint density at radius 1 is 1.23 bits per heavy atom. The molecule has 2 amide bonds. The SMILES string of the molecule is O=C(NCc1ccc(Cl)cc1)N1CCCC(Cc2nc(-c3ccccc3F)no2)C1. The second-order valence-electron chi connectivity index (χ2n) is 7.44. The lowest BCUT2D eigenvalue weighted by molar-refractivity contribution is 0.161. The molecule has 156 valence electrons. The fraction of sp³-hybridized carbons (Fsp3) is 0.318. The predicted octanol–water partition coefficient (Wildman–Crippen LogP) is 4.69. The lowest BCUT2D eigenvalue weighted by Gasteiger charge is -2.32. The van der Waals surface area contributed by atoms with Crippen LogP contribution in [0.15, 0.2) is 53.1 Å². The van der Waals surface area contributed by atoms with E-state index in [4.69, 9.17) is 16.1 Å². The summed E-state index contributed by atoms with van der Waals surface area (Å²) < 4.78 is 19.2. The van der Waals surface area contributed by atoms with Gasteiger partial charge in [0.25, 0.3) is 0 Å². The summed E-state index contributed by atoms with van der Waals surface area (Å²) in [6, 6.07) is 13.6. The van der Waals surface area contributed by atoms with Crippen molar-refractivity contribution in [2.24, 2.45) is 5.92 Å². The molecule has 0 bridgehead atoms. The molecule has 2 heterocycles. The number of nitrogens with zero attached hydrogens (tertiary/aromatic N) is 3. The quantitative estimate of drug-likeness (QED) is 0.639. The van der Waals surface area contributed by atoms with Crippen molar-refractivity contribution in [2.75, 3.05) is 13.1 Å². The summed E-state index contributed by atoms with van der Waals surface area (Å²) in [5.74, 6) is 0.540. The molecular weight excluding hydrogens is 407 g/mol. The van der Waals surface area contributed by atoms with Gasteiger partial charge in [-0.1, -0.05) is 41.0 Å². The van der Waals surface area contributed by atoms with Crippen LogP contribution in [0.3, 0.4) is 0 Å². The van der Waals surface area contributed by atoms with Gasteiger partial charge >= 0.3 is 6.03 Å². The van der Waals surface area contributed by atoms with Crippen molar-refractivity contribution in [3.05, 3.63) is 70.8 Å². The van der Waals surface area contributed by atoms with E-state index in [1.807, 2.05) is 17.0 Å². The smallest absolute Gasteiger partial charge is 0.317 e. The first kappa shape index (κ1) is 20.3. The second kappa shape index (κ2) is 9.26. The van der Waals surface area contributed by atoms with Gasteiger partial charge < -0.3 is 14.7 Å². The molecule has 3 aromatic rings. The monoisotopic (exact) mass is 428 g/mol. The van der Waals surface area contributed by atoms with Crippen LogP contribution in [0.1, 0.15) is 24.3 Å². The minimum Gasteiger partial charge on any atom is -0.339 e. The summed E-state index contributed by atoms with van der Waals surface area (Å²) in [5.41, 5.74) is 1.31. The van der Waals surface area contributed by atoms with Gasteiger partial charge in [0, 0.05) is 31.1 Å². The highest BCUT2D eigenvalue weighted by Gasteiger charge is 2.25. The summed E-state index contributed by atoms with van der Waals surface area (Å²) in [6.07, 6.45) is 2.44. The minimum absolute atomic E-state index is 0.0905. The molecule has 1 atom stereocenters. The van der Waals surface area contributed by atoms with Crippen LogP contribution in [0.2, 0.25) is 5.02 Å². The first-order valence-electron chi connectivity index (χ1n) is 9.93. The normalized spacial score (nSPS) is 16.5. The number of amides is 2. The fourth-order valence-electron chi connectivity index (χ4n) is 3.64. The highest BCUT2D eigenvalue weighted by molar-refractivity contribution is 6.30. The first-order valence-corrected chi connectivity index (χ1v) is 10.3. The van der Waals surface area contributed by atoms with E-state index >= 15 is 0 Å². The molecule has 1 saturated heterocycles. The maximum atomic E-state index is 13.9. The Balaban J connectivity index is 1.32. The Morgan fingerprint density at radius 3 is 2.83 bits per heavy atom. The Hall–Kier alpha value is -2.93. The van der Waals surface area contributed by atoms with Crippen LogP contribution < -0.4 is 5.32 Å². The number of halogens is 2. The highest BCUT2D eigenvalue weighted by atomic mass is 35.5. The molecule has 1 aliphatic rings. The molecule has 1 unspecified atom stereocenters. The van der Waals surface area contributed by atoms with Crippen molar-refractivity contribution < 1.29 is 13.7 Å². The summed E-state index contributed by atoms with van der Waals surface area (Å²) in [7, 11) is 0. The lowest BCUT2D eigenvalue weighted by Crippen LogP contribution is -2.45. The van der Waals surface area contributed by atoms with Gasteiger partial charge in [0.05, 0.1) is 5.56 Å². The van der Waals surface area contributed by atoms with Crippen LogP contribution in [-0.4, -0.2) is 34.2 Å². The zero-order chi connectivity index (χ0) is 20.9. The molecule has 0 saturated carbocycles. The van der Waals surface area contributed by atoms with Gasteiger partial charge in [0.2, 0.25) is 11.7 Å². The van der Waals surface area contributed by atoms with Crippen LogP contribution in [0.4, 0.5) is 9.18 Å². The largest absolute Gasteiger partial charge is 0.339 e. The van der Waals surface area contributed by atoms with E-state index in [1.165, 1.54) is 6.07 Å². The van der Waals surface area contributed by atoms with Crippen LogP contribution in [0, 0.1) is 11.7 Å². The van der Waals surface area contributed by atoms with Crippen molar-refractivity contribution in [1.29, 1.82) is 0 Å². The number of piperidine rings is 1. The van der Waals surface area contributed by atoms with E-state index in [2.05, 4.69) is 15.5 Å². The molecule has 6 nitrogen and oxygen atoms in total. The summed E-state index contributed by atoms with van der Waals surface area (Å²) in [5, 5.41) is 7.53. The lowest BCUT2D eigenvalue weighted by atomic mass is 9.95. The van der Waals surface area contributed by atoms with Crippen molar-refractivity contribution in [3.63, 3.8) is 0 Å². The zero-order valence-corrected chi connectivity index (χ0v) is 17.1. The maximum Gasteiger partial charge on any atom is 0.317 e. The van der Waals surface area contributed by atoms with Gasteiger partial charge in [0.1, 0.15) is 5.82 Å². The second-order valence-corrected chi connectivity index (χ2v) is 7.87. The number of nitrogens with one attached hydrogen (secondary N) is 1. The minimum atomic E-state index is -0.383. The third-order valence-electron chi connectivity index (χ3n) is 5.21. The molecule has 1 aliphatic heterocycles. The Bertz CT molecular complexity index is 1010. The molecule has 0 spiro atoms. The van der Waals surface area contributed by atoms with Gasteiger partial charge in [-0.3, -0.25) is 0 Å². The van der Waals surface area contributed by atoms with Crippen LogP contribution >= 0.6 is 11.6 Å². The molecule has 1 N–H and O–H groups in total. The van der Waals surface area contributed by atoms with Crippen molar-refractivity contribution in [1.82, 2.24) is 20.4 Å². The van der Waals surface area contributed by atoms with Crippen molar-refractivity contribution >= 4 is 17.6 Å². The average Bonchev–Trinajstić information content (AvgIpc) is 3.22. The number of carbonyl (C=O) groups excluding carboxylic acids is 1. The van der Waals surface area contributed by atoms with E-state index in [0.717, 1.165) is 18.4 Å². The first-order chi connectivity index (χ1) is 14.6. The molecule has 0 radical (unpaired) electrons. The van der Waals surface area contributed by atoms with E-state index in [-0.39, 0.29) is 23.6 Å². The summed E-state index contributed by atoms with van der Waals surface area (Å²) >= 11 is 5.89. The molecule has 1 fully saturated rings. The van der Waals surface area contributed by atoms with E-state index in [1.54, 1.807) is 30.3 Å². The number of aromatic nitrogens is 2. The highest BCUT2D eigenvalue weighted by Crippen LogP contribution is 2.23. The molecular formula is C22H22ClFN4O2. The van der Waals surface area contributed by atoms with Gasteiger partial charge in [-0.25, -0.2) is 9.18 Å². The summed E-state index contributed by atoms with van der Waals surface area (Å²) in [4.78, 5) is 18.7. The topological polar surface area (TPSA) is 71.3 Å². The molecule has 0 aliphatic carbocycles. The zero-order valence-electron chi connectivity index (χ0n) is 16.4. The van der Waals surface area contributed by atoms with Crippen molar-refractivity contribution in [3.8, 4) is 11.4 Å². The van der Waals surface area contributed by atoms with E-state index < -0.39 is 0 Å². The molecule has 30 heavy (non-hydrogen) atoms. The number of urea groups is 1. The molecule has 2 aromatic carbocycles. The van der Waals surface area contributed by atoms with Gasteiger partial charge in [-0.05, 0) is 48.6 Å². The number of rotatable bonds is 5. The number of benzene rings is 2. The summed E-state index contributed by atoms with van der Waals surface area (Å²) in [6.45, 7) is 1.78. The number of likely N-dealkylation sites (tertiary alicyclic amines) is 1. The van der Waals surface area contributed by atoms with Gasteiger partial charge in [-0.15, -0.1) is 0 Å². The Labute approximate surface area is 179 Å². The third-order valence-corrected chi connectivity index (χ3v) is 5.46. The molecule has 1 aromatic heterocycles. The third kappa shape index (κ3) is 4.97. The molecule has 8 heteroatoms. The van der Waals surface area contributed by atoms with Crippen molar-refractivity contribution in [2.45, 2.75) is 25.8 Å². The standard InChI is InChI=1S/C22H22ClFN4O2/c23-17-9-7-15(8-10-17)13-25-22(29)28-11-3-4-16(14-28)12-20-26-21(27-30-20)18-5-1-2-6-19(18)24/h1-2,5-10,16H,3-4,11-14H2,(H,25,29). The van der Waals surface area contributed by atoms with Crippen LogP contribution in [0.25, 0.3) is 11.4 Å². The van der Waals surface area contributed by atoms with Gasteiger partial charge in [-0.2, -0.15) is 4.98 Å². The Kier molecular flexibility index (Phi) is 6.28. The van der Waals surface area contributed by atoms with Gasteiger partial charge in [0.15, 0.2) is 0 Å². The number of carbonyl (C=O) groups is 1. The fourth-order valence-corrected chi connectivity index (χ4v) is 3.77. The van der Waals surface area contributed by atoms with E-state index in [9.17, 15) is 9.18 Å². The predicted molar refractivity (Wildman–Crippen MR) is 111 cm³/mol. The Morgan fingerprint density at radius 2 is 2.03 bits per heavy atom. The number of hydrogen-bond donors (Lipinski definition) is 1. The van der Waals surface area contributed by atoms with Crippen LogP contribution in [-0.2, 0) is 13.0 Å². The average molecular weight is 429 g/mol.